The molecule has 1 fully saturated rings. The van der Waals surface area contributed by atoms with Crippen molar-refractivity contribution in [2.24, 2.45) is 5.92 Å². The van der Waals surface area contributed by atoms with Crippen molar-refractivity contribution in [2.75, 3.05) is 23.7 Å². The van der Waals surface area contributed by atoms with E-state index in [-0.39, 0.29) is 25.4 Å². The average molecular weight is 382 g/mol. The van der Waals surface area contributed by atoms with Gasteiger partial charge >= 0.3 is 5.97 Å². The van der Waals surface area contributed by atoms with Gasteiger partial charge in [0.25, 0.3) is 0 Å². The van der Waals surface area contributed by atoms with Gasteiger partial charge in [0.1, 0.15) is 11.9 Å². The van der Waals surface area contributed by atoms with Crippen molar-refractivity contribution < 1.29 is 27.9 Å². The summed E-state index contributed by atoms with van der Waals surface area (Å²) >= 11 is 0. The number of carboxylic acid groups (broad SMARTS) is 1. The van der Waals surface area contributed by atoms with E-state index in [1.807, 2.05) is 0 Å². The van der Waals surface area contributed by atoms with Crippen molar-refractivity contribution in [1.29, 1.82) is 0 Å². The normalized spacial score (nSPS) is 23.0. The number of hydrogen-bond donors (Lipinski definition) is 1. The van der Waals surface area contributed by atoms with Gasteiger partial charge in [-0.1, -0.05) is 12.1 Å². The van der Waals surface area contributed by atoms with Crippen LogP contribution in [0.3, 0.4) is 0 Å². The third-order valence-corrected chi connectivity index (χ3v) is 6.12. The molecule has 0 spiro atoms. The third kappa shape index (κ3) is 3.48. The number of rotatable bonds is 5. The topological polar surface area (TPSA) is 104 Å². The molecule has 2 aliphatic rings. The lowest BCUT2D eigenvalue weighted by atomic mass is 9.98. The van der Waals surface area contributed by atoms with E-state index < -0.39 is 34.1 Å². The number of carbonyl (C=O) groups excluding carboxylic acids is 1. The van der Waals surface area contributed by atoms with Gasteiger partial charge in [-0.25, -0.2) is 8.42 Å². The fraction of sp³-hybridized carbons (Fsp3) is 0.529. The van der Waals surface area contributed by atoms with Crippen LogP contribution in [0.5, 0.6) is 5.75 Å². The van der Waals surface area contributed by atoms with E-state index in [1.165, 1.54) is 9.21 Å². The monoisotopic (exact) mass is 382 g/mol. The Kier molecular flexibility index (Phi) is 4.83. The number of sulfonamides is 1. The summed E-state index contributed by atoms with van der Waals surface area (Å²) in [5.41, 5.74) is 0.497. The molecule has 0 saturated carbocycles. The van der Waals surface area contributed by atoms with E-state index >= 15 is 0 Å². The summed E-state index contributed by atoms with van der Waals surface area (Å²) in [6.07, 6.45) is 1.23. The molecule has 3 rings (SSSR count). The summed E-state index contributed by atoms with van der Waals surface area (Å²) < 4.78 is 31.8. The zero-order valence-electron chi connectivity index (χ0n) is 14.7. The van der Waals surface area contributed by atoms with Gasteiger partial charge in [-0.3, -0.25) is 13.9 Å². The molecule has 2 aliphatic heterocycles. The standard InChI is InChI=1S/C17H22N2O6S/c1-11-14(7-8-16(20)18-9-12(10-18)17(21)22)25-15-6-4-3-5-13(15)19(11)26(2,23)24/h3-6,11-12,14H,7-10H2,1-2H3,(H,21,22)/t11-,14?/m1/s1. The maximum absolute atomic E-state index is 12.2. The van der Waals surface area contributed by atoms with Crippen LogP contribution in [0.1, 0.15) is 19.8 Å². The summed E-state index contributed by atoms with van der Waals surface area (Å²) in [6.45, 7) is 2.22. The van der Waals surface area contributed by atoms with Gasteiger partial charge in [0.15, 0.2) is 0 Å². The minimum atomic E-state index is -3.49. The Morgan fingerprint density at radius 2 is 1.92 bits per heavy atom. The van der Waals surface area contributed by atoms with Gasteiger partial charge in [0.2, 0.25) is 15.9 Å². The van der Waals surface area contributed by atoms with E-state index in [1.54, 1.807) is 31.2 Å². The van der Waals surface area contributed by atoms with Crippen LogP contribution in [0, 0.1) is 5.92 Å². The van der Waals surface area contributed by atoms with E-state index in [0.29, 0.717) is 17.9 Å². The first kappa shape index (κ1) is 18.5. The van der Waals surface area contributed by atoms with E-state index in [4.69, 9.17) is 9.84 Å². The lowest BCUT2D eigenvalue weighted by Gasteiger charge is -2.41. The molecule has 0 bridgehead atoms. The summed E-state index contributed by atoms with van der Waals surface area (Å²) in [7, 11) is -3.49. The van der Waals surface area contributed by atoms with Crippen LogP contribution in [0.2, 0.25) is 0 Å². The quantitative estimate of drug-likeness (QED) is 0.812. The van der Waals surface area contributed by atoms with E-state index in [0.717, 1.165) is 6.26 Å². The first-order valence-corrected chi connectivity index (χ1v) is 10.3. The number of benzene rings is 1. The summed E-state index contributed by atoms with van der Waals surface area (Å²) in [6, 6.07) is 6.47. The minimum Gasteiger partial charge on any atom is -0.486 e. The van der Waals surface area contributed by atoms with Crippen LogP contribution < -0.4 is 9.04 Å². The number of aliphatic carboxylic acids is 1. The Hall–Kier alpha value is -2.29. The van der Waals surface area contributed by atoms with Crippen molar-refractivity contribution in [1.82, 2.24) is 4.90 Å². The highest BCUT2D eigenvalue weighted by molar-refractivity contribution is 7.92. The molecule has 26 heavy (non-hydrogen) atoms. The first-order valence-electron chi connectivity index (χ1n) is 8.44. The van der Waals surface area contributed by atoms with Gasteiger partial charge in [0, 0.05) is 19.5 Å². The lowest BCUT2D eigenvalue weighted by Crippen LogP contribution is -2.54. The molecule has 9 heteroatoms. The smallest absolute Gasteiger partial charge is 0.310 e. The summed E-state index contributed by atoms with van der Waals surface area (Å²) in [5.74, 6) is -1.04. The van der Waals surface area contributed by atoms with Crippen LogP contribution in [0.15, 0.2) is 24.3 Å². The Balaban J connectivity index is 1.68. The number of likely N-dealkylation sites (tertiary alicyclic amines) is 1. The molecule has 0 radical (unpaired) electrons. The SMILES string of the molecule is C[C@@H]1C(CCC(=O)N2CC(C(=O)O)C2)Oc2ccccc2N1S(C)(=O)=O. The number of para-hydroxylation sites is 2. The van der Waals surface area contributed by atoms with Crippen LogP contribution in [-0.2, 0) is 19.6 Å². The van der Waals surface area contributed by atoms with Crippen LogP contribution >= 0.6 is 0 Å². The third-order valence-electron chi connectivity index (χ3n) is 4.87. The number of ether oxygens (including phenoxy) is 1. The molecule has 0 aliphatic carbocycles. The number of fused-ring (bicyclic) bond motifs is 1. The van der Waals surface area contributed by atoms with Crippen molar-refractivity contribution in [3.8, 4) is 5.75 Å². The van der Waals surface area contributed by atoms with Crippen molar-refractivity contribution in [3.05, 3.63) is 24.3 Å². The van der Waals surface area contributed by atoms with Crippen LogP contribution in [0.25, 0.3) is 0 Å². The largest absolute Gasteiger partial charge is 0.486 e. The molecule has 8 nitrogen and oxygen atoms in total. The minimum absolute atomic E-state index is 0.136. The Morgan fingerprint density at radius 1 is 1.27 bits per heavy atom. The van der Waals surface area contributed by atoms with E-state index in [2.05, 4.69) is 0 Å². The highest BCUT2D eigenvalue weighted by Crippen LogP contribution is 2.38. The van der Waals surface area contributed by atoms with Crippen molar-refractivity contribution in [2.45, 2.75) is 31.9 Å². The molecule has 1 unspecified atom stereocenters. The molecular formula is C17H22N2O6S. The molecule has 2 atom stereocenters. The first-order chi connectivity index (χ1) is 12.2. The number of nitrogens with zero attached hydrogens (tertiary/aromatic N) is 2. The molecule has 1 saturated heterocycles. The highest BCUT2D eigenvalue weighted by Gasteiger charge is 2.39. The molecular weight excluding hydrogens is 360 g/mol. The van der Waals surface area contributed by atoms with Gasteiger partial charge in [0.05, 0.1) is 23.9 Å². The zero-order chi connectivity index (χ0) is 19.1. The summed E-state index contributed by atoms with van der Waals surface area (Å²) in [5, 5.41) is 8.88. The lowest BCUT2D eigenvalue weighted by molar-refractivity contribution is -0.152. The predicted molar refractivity (Wildman–Crippen MR) is 94.6 cm³/mol. The maximum atomic E-state index is 12.2. The van der Waals surface area contributed by atoms with Gasteiger partial charge in [-0.15, -0.1) is 0 Å². The molecule has 0 aromatic heterocycles. The Labute approximate surface area is 152 Å². The van der Waals surface area contributed by atoms with Gasteiger partial charge in [-0.2, -0.15) is 0 Å². The maximum Gasteiger partial charge on any atom is 0.310 e. The predicted octanol–water partition coefficient (Wildman–Crippen LogP) is 0.925. The molecule has 1 N–H and O–H groups in total. The summed E-state index contributed by atoms with van der Waals surface area (Å²) in [4.78, 5) is 24.5. The number of anilines is 1. The molecule has 142 valence electrons. The zero-order valence-corrected chi connectivity index (χ0v) is 15.5. The number of carboxylic acids is 1. The Morgan fingerprint density at radius 3 is 2.54 bits per heavy atom. The second-order valence-electron chi connectivity index (χ2n) is 6.80. The number of amides is 1. The van der Waals surface area contributed by atoms with Crippen LogP contribution in [-0.4, -0.2) is 61.8 Å². The van der Waals surface area contributed by atoms with Crippen molar-refractivity contribution in [3.63, 3.8) is 0 Å². The second kappa shape index (κ2) is 6.79. The van der Waals surface area contributed by atoms with Gasteiger partial charge in [-0.05, 0) is 25.5 Å². The van der Waals surface area contributed by atoms with E-state index in [9.17, 15) is 18.0 Å². The molecule has 1 amide bonds. The fourth-order valence-electron chi connectivity index (χ4n) is 3.41. The number of hydrogen-bond acceptors (Lipinski definition) is 5. The Bertz CT molecular complexity index is 818. The highest BCUT2D eigenvalue weighted by atomic mass is 32.2. The molecule has 1 aromatic rings. The number of carbonyl (C=O) groups is 2. The van der Waals surface area contributed by atoms with Crippen LogP contribution in [0.4, 0.5) is 5.69 Å². The molecule has 1 aromatic carbocycles. The molecule has 2 heterocycles. The second-order valence-corrected chi connectivity index (χ2v) is 8.66. The fourth-order valence-corrected chi connectivity index (χ4v) is 4.66. The average Bonchev–Trinajstić information content (AvgIpc) is 2.49. The van der Waals surface area contributed by atoms with Gasteiger partial charge < -0.3 is 14.7 Å². The van der Waals surface area contributed by atoms with Crippen molar-refractivity contribution >= 4 is 27.6 Å².